The molecule has 0 bridgehead atoms. The first kappa shape index (κ1) is 23.7. The molecule has 19 heteroatoms. The number of nitrogens with one attached hydrogen (secondary N) is 1. The summed E-state index contributed by atoms with van der Waals surface area (Å²) in [6.45, 7) is -0.905. The fourth-order valence-corrected chi connectivity index (χ4v) is 6.60. The molecule has 3 N–H and O–H groups in total. The van der Waals surface area contributed by atoms with Gasteiger partial charge in [-0.2, -0.15) is 0 Å². The number of H-pyrrole nitrogens is 1. The van der Waals surface area contributed by atoms with Crippen LogP contribution in [0, 0.1) is 11.3 Å². The molecule has 0 spiro atoms. The minimum atomic E-state index is -6.13. The Morgan fingerprint density at radius 1 is 1.13 bits per heavy atom. The van der Waals surface area contributed by atoms with E-state index in [4.69, 9.17) is 0 Å². The largest absolute Gasteiger partial charge is 0.790 e. The van der Waals surface area contributed by atoms with Crippen molar-refractivity contribution in [3.05, 3.63) is 33.1 Å². The van der Waals surface area contributed by atoms with Crippen LogP contribution in [0.5, 0.6) is 0 Å². The average molecular weight is 490 g/mol. The van der Waals surface area contributed by atoms with Gasteiger partial charge in [-0.15, -0.1) is 0 Å². The van der Waals surface area contributed by atoms with Crippen LogP contribution < -0.4 is 30.8 Å². The highest BCUT2D eigenvalue weighted by atomic mass is 31.3. The standard InChI is InChI=1S/C11H17N2O14P3/c14-6-1-2-13(10(17)12-6)7-5-3-11(5,9(16)8(7)15)4-25-29(21,22)27-30(23,24)26-28(18,19)20/h1-2,5,7-9,15-16H,3-4H2,(H,21,22)(H,23,24)(H,12,14,17)(H2,18,19,20)/p-4/t5-,7+,8+,9?,11?/m0/s1. The van der Waals surface area contributed by atoms with Crippen molar-refractivity contribution in [2.45, 2.75) is 24.7 Å². The molecule has 170 valence electrons. The molecule has 0 aromatic carbocycles. The zero-order chi connectivity index (χ0) is 22.7. The summed E-state index contributed by atoms with van der Waals surface area (Å²) in [5.74, 6) is -0.704. The molecule has 4 unspecified atom stereocenters. The number of aromatic nitrogens is 2. The maximum absolute atomic E-state index is 12.0. The van der Waals surface area contributed by atoms with Gasteiger partial charge in [-0.1, -0.05) is 0 Å². The lowest BCUT2D eigenvalue weighted by molar-refractivity contribution is -0.339. The van der Waals surface area contributed by atoms with E-state index < -0.39 is 70.9 Å². The molecule has 0 radical (unpaired) electrons. The maximum Gasteiger partial charge on any atom is 0.328 e. The third kappa shape index (κ3) is 4.75. The Morgan fingerprint density at radius 3 is 2.33 bits per heavy atom. The lowest BCUT2D eigenvalue weighted by Gasteiger charge is -2.37. The normalized spacial score (nSPS) is 34.7. The monoisotopic (exact) mass is 490 g/mol. The summed E-state index contributed by atoms with van der Waals surface area (Å²) in [4.78, 5) is 68.6. The molecule has 1 aromatic heterocycles. The molecule has 3 rings (SSSR count). The quantitative estimate of drug-likeness (QED) is 0.291. The van der Waals surface area contributed by atoms with Crippen LogP contribution in [0.15, 0.2) is 21.9 Å². The van der Waals surface area contributed by atoms with Gasteiger partial charge in [0.15, 0.2) is 0 Å². The van der Waals surface area contributed by atoms with Crippen molar-refractivity contribution < 1.29 is 56.6 Å². The van der Waals surface area contributed by atoms with Gasteiger partial charge in [-0.25, -0.2) is 9.11 Å². The smallest absolute Gasteiger partial charge is 0.328 e. The third-order valence-corrected chi connectivity index (χ3v) is 8.56. The Balaban J connectivity index is 1.73. The molecule has 30 heavy (non-hydrogen) atoms. The number of fused-ring (bicyclic) bond motifs is 1. The molecule has 1 aromatic rings. The number of aromatic amines is 1. The summed E-state index contributed by atoms with van der Waals surface area (Å²) < 4.78 is 45.0. The lowest BCUT2D eigenvalue weighted by atomic mass is 10.0. The van der Waals surface area contributed by atoms with Gasteiger partial charge in [0.1, 0.15) is 6.10 Å². The Labute approximate surface area is 166 Å². The van der Waals surface area contributed by atoms with Crippen molar-refractivity contribution in [3.8, 4) is 0 Å². The van der Waals surface area contributed by atoms with E-state index >= 15 is 0 Å². The van der Waals surface area contributed by atoms with Gasteiger partial charge >= 0.3 is 5.69 Å². The fraction of sp³-hybridized carbons (Fsp3) is 0.636. The van der Waals surface area contributed by atoms with Crippen LogP contribution in [0.25, 0.3) is 0 Å². The number of phosphoric acid groups is 3. The van der Waals surface area contributed by atoms with Crippen LogP contribution in [-0.2, 0) is 26.8 Å². The van der Waals surface area contributed by atoms with E-state index in [1.54, 1.807) is 0 Å². The predicted octanol–water partition coefficient (Wildman–Crippen LogP) is -4.37. The van der Waals surface area contributed by atoms with E-state index in [1.165, 1.54) is 0 Å². The van der Waals surface area contributed by atoms with Crippen LogP contribution in [0.4, 0.5) is 0 Å². The summed E-state index contributed by atoms with van der Waals surface area (Å²) in [5.41, 5.74) is -3.00. The molecule has 2 aliphatic carbocycles. The molecular formula is C11H13N2O14P3-4. The highest BCUT2D eigenvalue weighted by molar-refractivity contribution is 7.64. The van der Waals surface area contributed by atoms with Gasteiger partial charge in [0.25, 0.3) is 21.2 Å². The van der Waals surface area contributed by atoms with Crippen molar-refractivity contribution in [1.82, 2.24) is 9.55 Å². The van der Waals surface area contributed by atoms with Crippen molar-refractivity contribution in [2.75, 3.05) is 6.61 Å². The Kier molecular flexibility index (Phi) is 5.96. The van der Waals surface area contributed by atoms with Crippen LogP contribution in [0.3, 0.4) is 0 Å². The summed E-state index contributed by atoms with van der Waals surface area (Å²) in [5, 5.41) is 20.6. The highest BCUT2D eigenvalue weighted by Gasteiger charge is 2.71. The van der Waals surface area contributed by atoms with E-state index in [0.717, 1.165) is 16.8 Å². The Hall–Kier alpha value is -0.990. The van der Waals surface area contributed by atoms with E-state index in [-0.39, 0.29) is 6.42 Å². The molecule has 2 aliphatic rings. The van der Waals surface area contributed by atoms with Crippen molar-refractivity contribution >= 4 is 23.5 Å². The molecule has 0 amide bonds. The van der Waals surface area contributed by atoms with Crippen LogP contribution >= 0.6 is 23.5 Å². The van der Waals surface area contributed by atoms with E-state index in [0.29, 0.717) is 0 Å². The van der Waals surface area contributed by atoms with E-state index in [1.807, 2.05) is 4.98 Å². The first-order valence-corrected chi connectivity index (χ1v) is 12.3. The molecule has 0 saturated heterocycles. The summed E-state index contributed by atoms with van der Waals surface area (Å²) >= 11 is 0. The van der Waals surface area contributed by atoms with Crippen LogP contribution in [-0.4, -0.2) is 38.6 Å². The molecule has 0 aliphatic heterocycles. The van der Waals surface area contributed by atoms with Gasteiger partial charge in [-0.3, -0.25) is 27.8 Å². The number of phosphoric ester groups is 1. The zero-order valence-electron chi connectivity index (χ0n) is 14.5. The summed E-state index contributed by atoms with van der Waals surface area (Å²) in [6, 6.07) is -0.0593. The van der Waals surface area contributed by atoms with Crippen LogP contribution in [0.1, 0.15) is 12.5 Å². The van der Waals surface area contributed by atoms with Gasteiger partial charge in [0, 0.05) is 17.7 Å². The molecule has 1 heterocycles. The fourth-order valence-electron chi connectivity index (χ4n) is 3.67. The zero-order valence-corrected chi connectivity index (χ0v) is 17.1. The third-order valence-electron chi connectivity index (χ3n) is 4.92. The second kappa shape index (κ2) is 7.55. The topological polar surface area (TPSA) is 266 Å². The predicted molar refractivity (Wildman–Crippen MR) is 83.9 cm³/mol. The molecule has 2 fully saturated rings. The van der Waals surface area contributed by atoms with Crippen molar-refractivity contribution in [2.24, 2.45) is 11.3 Å². The average Bonchev–Trinajstić information content (AvgIpc) is 3.21. The number of nitrogens with zero attached hydrogens (tertiary/aromatic N) is 1. The second-order valence-electron chi connectivity index (χ2n) is 6.77. The van der Waals surface area contributed by atoms with Crippen LogP contribution in [0.2, 0.25) is 0 Å². The molecule has 2 saturated carbocycles. The first-order valence-electron chi connectivity index (χ1n) is 7.96. The lowest BCUT2D eigenvalue weighted by Crippen LogP contribution is -2.40. The minimum Gasteiger partial charge on any atom is -0.790 e. The summed E-state index contributed by atoms with van der Waals surface area (Å²) in [6.07, 6.45) is -2.05. The highest BCUT2D eigenvalue weighted by Crippen LogP contribution is 2.69. The maximum atomic E-state index is 12.0. The van der Waals surface area contributed by atoms with E-state index in [9.17, 15) is 53.1 Å². The first-order chi connectivity index (χ1) is 13.6. The minimum absolute atomic E-state index is 0.0450. The molecule has 16 nitrogen and oxygen atoms in total. The van der Waals surface area contributed by atoms with E-state index in [2.05, 4.69) is 13.1 Å². The Morgan fingerprint density at radius 2 is 1.77 bits per heavy atom. The SMILES string of the molecule is O=c1ccn([C@H]2[C@@H](O)C(O)C3(COP(=O)([O-])OP(=O)([O-])OP(=O)([O-])[O-])C[C@@H]23)c(=O)[nH]1. The number of hydrogen-bond acceptors (Lipinski definition) is 14. The van der Waals surface area contributed by atoms with Gasteiger partial charge in [0.2, 0.25) is 0 Å². The summed E-state index contributed by atoms with van der Waals surface area (Å²) in [7, 11) is -18.0. The number of hydrogen-bond donors (Lipinski definition) is 3. The number of aliphatic hydroxyl groups excluding tert-OH is 2. The second-order valence-corrected chi connectivity index (χ2v) is 11.0. The van der Waals surface area contributed by atoms with Gasteiger partial charge in [0.05, 0.1) is 26.6 Å². The van der Waals surface area contributed by atoms with Crippen molar-refractivity contribution in [1.29, 1.82) is 0 Å². The number of aliphatic hydroxyl groups is 2. The molecular weight excluding hydrogens is 477 g/mol. The van der Waals surface area contributed by atoms with Crippen molar-refractivity contribution in [3.63, 3.8) is 0 Å². The van der Waals surface area contributed by atoms with Gasteiger partial charge in [-0.05, 0) is 12.3 Å². The Bertz CT molecular complexity index is 1090. The molecule has 7 atom stereocenters. The number of rotatable bonds is 8. The van der Waals surface area contributed by atoms with Gasteiger partial charge < -0.3 is 38.9 Å².